The largest absolute Gasteiger partial charge is 0.430 e. The molecule has 0 radical (unpaired) electrons. The molecular formula is C11H11F6NO. The number of anilines is 1. The maximum atomic E-state index is 12.7. The van der Waals surface area contributed by atoms with E-state index in [0.717, 1.165) is 0 Å². The summed E-state index contributed by atoms with van der Waals surface area (Å²) in [5.41, 5.74) is -1.68. The second-order valence-corrected chi connectivity index (χ2v) is 4.25. The molecule has 8 heteroatoms. The van der Waals surface area contributed by atoms with Gasteiger partial charge in [0.25, 0.3) is 5.60 Å². The van der Waals surface area contributed by atoms with E-state index in [2.05, 4.69) is 0 Å². The number of alkyl halides is 6. The molecule has 108 valence electrons. The standard InChI is InChI=1S/C11H11F6NO/c1-5-3-6(2)8(18)7(4-5)9(19,10(12,13)14)11(15,16)17/h3-4,19H,18H2,1-2H3. The molecular weight excluding hydrogens is 276 g/mol. The van der Waals surface area contributed by atoms with Gasteiger partial charge in [-0.3, -0.25) is 0 Å². The van der Waals surface area contributed by atoms with Crippen molar-refractivity contribution in [1.82, 2.24) is 0 Å². The van der Waals surface area contributed by atoms with Crippen LogP contribution in [0.25, 0.3) is 0 Å². The summed E-state index contributed by atoms with van der Waals surface area (Å²) in [6, 6.07) is 1.91. The van der Waals surface area contributed by atoms with Gasteiger partial charge in [0.1, 0.15) is 0 Å². The minimum Gasteiger partial charge on any atom is -0.398 e. The molecule has 0 aliphatic rings. The van der Waals surface area contributed by atoms with E-state index in [-0.39, 0.29) is 11.1 Å². The summed E-state index contributed by atoms with van der Waals surface area (Å²) in [6.45, 7) is 2.57. The van der Waals surface area contributed by atoms with Crippen molar-refractivity contribution in [3.05, 3.63) is 28.8 Å². The number of aliphatic hydroxyl groups is 1. The SMILES string of the molecule is Cc1cc(C)c(N)c(C(O)(C(F)(F)F)C(F)(F)F)c1. The van der Waals surface area contributed by atoms with E-state index >= 15 is 0 Å². The van der Waals surface area contributed by atoms with Gasteiger partial charge < -0.3 is 10.8 Å². The van der Waals surface area contributed by atoms with Gasteiger partial charge in [-0.1, -0.05) is 17.7 Å². The third-order valence-corrected chi connectivity index (χ3v) is 2.74. The Bertz CT molecular complexity index is 477. The van der Waals surface area contributed by atoms with Gasteiger partial charge in [0, 0.05) is 11.3 Å². The van der Waals surface area contributed by atoms with Crippen LogP contribution in [0.3, 0.4) is 0 Å². The Morgan fingerprint density at radius 1 is 0.947 bits per heavy atom. The molecule has 1 aromatic carbocycles. The van der Waals surface area contributed by atoms with Crippen molar-refractivity contribution in [2.75, 3.05) is 5.73 Å². The van der Waals surface area contributed by atoms with Gasteiger partial charge in [-0.2, -0.15) is 26.3 Å². The molecule has 0 heterocycles. The number of rotatable bonds is 1. The van der Waals surface area contributed by atoms with Crippen LogP contribution in [0.15, 0.2) is 12.1 Å². The predicted octanol–water partition coefficient (Wildman–Crippen LogP) is 3.20. The molecule has 0 atom stereocenters. The number of hydrogen-bond donors (Lipinski definition) is 2. The minimum absolute atomic E-state index is 0.0296. The van der Waals surface area contributed by atoms with E-state index < -0.39 is 29.2 Å². The smallest absolute Gasteiger partial charge is 0.398 e. The second kappa shape index (κ2) is 4.29. The number of hydrogen-bond acceptors (Lipinski definition) is 2. The van der Waals surface area contributed by atoms with Crippen LogP contribution in [0.2, 0.25) is 0 Å². The van der Waals surface area contributed by atoms with Gasteiger partial charge in [-0.25, -0.2) is 0 Å². The summed E-state index contributed by atoms with van der Waals surface area (Å²) >= 11 is 0. The fraction of sp³-hybridized carbons (Fsp3) is 0.455. The Kier molecular flexibility index (Phi) is 3.53. The van der Waals surface area contributed by atoms with E-state index in [1.165, 1.54) is 19.9 Å². The molecule has 0 saturated heterocycles. The predicted molar refractivity (Wildman–Crippen MR) is 56.3 cm³/mol. The molecule has 19 heavy (non-hydrogen) atoms. The molecule has 0 amide bonds. The highest BCUT2D eigenvalue weighted by Gasteiger charge is 2.72. The van der Waals surface area contributed by atoms with Gasteiger partial charge >= 0.3 is 12.4 Å². The molecule has 0 aliphatic carbocycles. The summed E-state index contributed by atoms with van der Waals surface area (Å²) in [5.74, 6) is 0. The number of nitrogen functional groups attached to an aromatic ring is 1. The first-order valence-corrected chi connectivity index (χ1v) is 5.05. The molecule has 2 nitrogen and oxygen atoms in total. The summed E-state index contributed by atoms with van der Waals surface area (Å²) in [5, 5.41) is 9.26. The van der Waals surface area contributed by atoms with Crippen LogP contribution in [0.4, 0.5) is 32.0 Å². The first-order chi connectivity index (χ1) is 8.32. The van der Waals surface area contributed by atoms with Gasteiger partial charge in [-0.05, 0) is 19.4 Å². The highest BCUT2D eigenvalue weighted by molar-refractivity contribution is 5.58. The maximum absolute atomic E-state index is 12.7. The summed E-state index contributed by atoms with van der Waals surface area (Å²) in [7, 11) is 0. The first-order valence-electron chi connectivity index (χ1n) is 5.05. The van der Waals surface area contributed by atoms with Crippen molar-refractivity contribution >= 4 is 5.69 Å². The van der Waals surface area contributed by atoms with Crippen LogP contribution in [0, 0.1) is 13.8 Å². The monoisotopic (exact) mass is 287 g/mol. The van der Waals surface area contributed by atoms with Crippen molar-refractivity contribution in [2.45, 2.75) is 31.8 Å². The molecule has 0 bridgehead atoms. The average Bonchev–Trinajstić information content (AvgIpc) is 2.18. The number of nitrogens with two attached hydrogens (primary N) is 1. The van der Waals surface area contributed by atoms with Crippen molar-refractivity contribution in [3.8, 4) is 0 Å². The van der Waals surface area contributed by atoms with E-state index in [1.807, 2.05) is 0 Å². The van der Waals surface area contributed by atoms with E-state index in [1.54, 1.807) is 0 Å². The fourth-order valence-corrected chi connectivity index (χ4v) is 1.74. The Labute approximate surface area is 104 Å². The third kappa shape index (κ3) is 2.36. The average molecular weight is 287 g/mol. The summed E-state index contributed by atoms with van der Waals surface area (Å²) < 4.78 is 76.2. The maximum Gasteiger partial charge on any atom is 0.430 e. The lowest BCUT2D eigenvalue weighted by Gasteiger charge is -2.34. The van der Waals surface area contributed by atoms with Gasteiger partial charge in [0.15, 0.2) is 0 Å². The van der Waals surface area contributed by atoms with Gasteiger partial charge in [0.05, 0.1) is 0 Å². The van der Waals surface area contributed by atoms with Crippen LogP contribution >= 0.6 is 0 Å². The summed E-state index contributed by atoms with van der Waals surface area (Å²) in [6.07, 6.45) is -11.9. The Hall–Kier alpha value is -1.44. The van der Waals surface area contributed by atoms with Gasteiger partial charge in [0.2, 0.25) is 0 Å². The molecule has 3 N–H and O–H groups in total. The minimum atomic E-state index is -5.93. The van der Waals surface area contributed by atoms with E-state index in [9.17, 15) is 31.4 Å². The topological polar surface area (TPSA) is 46.2 Å². The molecule has 1 rings (SSSR count). The zero-order chi connectivity index (χ0) is 15.2. The van der Waals surface area contributed by atoms with E-state index in [4.69, 9.17) is 5.73 Å². The molecule has 0 unspecified atom stereocenters. The lowest BCUT2D eigenvalue weighted by molar-refractivity contribution is -0.376. The Balaban J connectivity index is 3.71. The zero-order valence-corrected chi connectivity index (χ0v) is 9.95. The van der Waals surface area contributed by atoms with E-state index in [0.29, 0.717) is 6.07 Å². The Morgan fingerprint density at radius 3 is 1.74 bits per heavy atom. The van der Waals surface area contributed by atoms with Crippen molar-refractivity contribution < 1.29 is 31.4 Å². The highest BCUT2D eigenvalue weighted by atomic mass is 19.4. The molecule has 0 fully saturated rings. The molecule has 0 aromatic heterocycles. The zero-order valence-electron chi connectivity index (χ0n) is 9.95. The number of halogens is 6. The summed E-state index contributed by atoms with van der Waals surface area (Å²) in [4.78, 5) is 0. The van der Waals surface area contributed by atoms with Crippen LogP contribution in [0.1, 0.15) is 16.7 Å². The number of benzene rings is 1. The van der Waals surface area contributed by atoms with Crippen LogP contribution in [-0.2, 0) is 5.60 Å². The van der Waals surface area contributed by atoms with Crippen LogP contribution < -0.4 is 5.73 Å². The normalized spacial score (nSPS) is 13.7. The fourth-order valence-electron chi connectivity index (χ4n) is 1.74. The third-order valence-electron chi connectivity index (χ3n) is 2.74. The van der Waals surface area contributed by atoms with Crippen LogP contribution in [-0.4, -0.2) is 17.5 Å². The molecule has 0 spiro atoms. The molecule has 0 aliphatic heterocycles. The Morgan fingerprint density at radius 2 is 1.37 bits per heavy atom. The highest BCUT2D eigenvalue weighted by Crippen LogP contribution is 2.51. The second-order valence-electron chi connectivity index (χ2n) is 4.25. The van der Waals surface area contributed by atoms with Crippen molar-refractivity contribution in [3.63, 3.8) is 0 Å². The van der Waals surface area contributed by atoms with Gasteiger partial charge in [-0.15, -0.1) is 0 Å². The quantitative estimate of drug-likeness (QED) is 0.615. The van der Waals surface area contributed by atoms with Crippen LogP contribution in [0.5, 0.6) is 0 Å². The molecule has 1 aromatic rings. The lowest BCUT2D eigenvalue weighted by Crippen LogP contribution is -2.54. The molecule has 0 saturated carbocycles. The van der Waals surface area contributed by atoms with Crippen molar-refractivity contribution in [2.24, 2.45) is 0 Å². The lowest BCUT2D eigenvalue weighted by atomic mass is 9.88. The first kappa shape index (κ1) is 15.6. The van der Waals surface area contributed by atoms with Crippen molar-refractivity contribution in [1.29, 1.82) is 0 Å². The number of aryl methyl sites for hydroxylation is 2.